The van der Waals surface area contributed by atoms with E-state index in [-0.39, 0.29) is 21.9 Å². The normalized spacial score (nSPS) is 18.6. The molecule has 0 atom stereocenters. The highest BCUT2D eigenvalue weighted by molar-refractivity contribution is 6.09. The lowest BCUT2D eigenvalue weighted by Gasteiger charge is -2.15. The summed E-state index contributed by atoms with van der Waals surface area (Å²) in [4.78, 5) is 13.4. The lowest BCUT2D eigenvalue weighted by atomic mass is 10.1. The largest absolute Gasteiger partial charge is 0.307 e. The fraction of sp³-hybridized carbons (Fsp3) is 0. The highest BCUT2D eigenvalue weighted by Crippen LogP contribution is 2.37. The summed E-state index contributed by atoms with van der Waals surface area (Å²) in [5.41, 5.74) is -4.17. The van der Waals surface area contributed by atoms with Gasteiger partial charge in [0.15, 0.2) is 5.82 Å². The van der Waals surface area contributed by atoms with Gasteiger partial charge in [0, 0.05) is 39.5 Å². The van der Waals surface area contributed by atoms with E-state index in [4.69, 9.17) is 26.0 Å². The van der Waals surface area contributed by atoms with Gasteiger partial charge in [0.2, 0.25) is 0 Å². The summed E-state index contributed by atoms with van der Waals surface area (Å²) >= 11 is 0. The lowest BCUT2D eigenvalue weighted by molar-refractivity contribution is 1.04. The second kappa shape index (κ2) is 9.75. The fourth-order valence-electron chi connectivity index (χ4n) is 5.13. The molecule has 9 aromatic rings. The van der Waals surface area contributed by atoms with Crippen LogP contribution in [0, 0.1) is 0 Å². The first-order chi connectivity index (χ1) is 31.0. The summed E-state index contributed by atoms with van der Waals surface area (Å²) in [5, 5.41) is -1.03. The van der Waals surface area contributed by atoms with Crippen LogP contribution in [0.15, 0.2) is 151 Å². The van der Waals surface area contributed by atoms with E-state index in [0.29, 0.717) is 0 Å². The third-order valence-corrected chi connectivity index (χ3v) is 6.91. The van der Waals surface area contributed by atoms with Gasteiger partial charge in [-0.05, 0) is 42.3 Å². The van der Waals surface area contributed by atoms with Gasteiger partial charge >= 0.3 is 0 Å². The Bertz CT molecular complexity index is 3640. The van der Waals surface area contributed by atoms with Gasteiger partial charge in [0.05, 0.1) is 69.1 Å². The second-order valence-electron chi connectivity index (χ2n) is 9.28. The number of pyridine rings is 1. The summed E-state index contributed by atoms with van der Waals surface area (Å²) < 4.78 is 196. The third-order valence-electron chi connectivity index (χ3n) is 6.91. The van der Waals surface area contributed by atoms with Crippen molar-refractivity contribution < 1.29 is 30.2 Å². The molecule has 9 rings (SSSR count). The minimum atomic E-state index is -0.937. The topological polar surface area (TPSA) is 48.5 Å². The van der Waals surface area contributed by atoms with Crippen molar-refractivity contribution in [2.45, 2.75) is 0 Å². The highest BCUT2D eigenvalue weighted by atomic mass is 15.1. The molecule has 0 amide bonds. The molecular weight excluding hydrogens is 538 g/mol. The molecule has 4 heterocycles. The van der Waals surface area contributed by atoms with Gasteiger partial charge in [-0.15, -0.1) is 0 Å². The van der Waals surface area contributed by atoms with Crippen molar-refractivity contribution >= 4 is 43.7 Å². The van der Waals surface area contributed by atoms with Gasteiger partial charge in [-0.2, -0.15) is 0 Å². The molecule has 0 saturated heterocycles. The van der Waals surface area contributed by atoms with E-state index in [1.165, 1.54) is 18.3 Å². The first-order valence-corrected chi connectivity index (χ1v) is 12.9. The van der Waals surface area contributed by atoms with E-state index in [0.717, 1.165) is 9.13 Å². The van der Waals surface area contributed by atoms with Crippen LogP contribution >= 0.6 is 0 Å². The Morgan fingerprint density at radius 1 is 0.545 bits per heavy atom. The molecular formula is C39H25N5. The van der Waals surface area contributed by atoms with Crippen LogP contribution in [0.3, 0.4) is 0 Å². The van der Waals surface area contributed by atoms with Crippen molar-refractivity contribution in [3.63, 3.8) is 0 Å². The molecule has 44 heavy (non-hydrogen) atoms. The van der Waals surface area contributed by atoms with E-state index in [1.807, 2.05) is 0 Å². The number of benzene rings is 5. The van der Waals surface area contributed by atoms with Gasteiger partial charge in [0.1, 0.15) is 5.82 Å². The second-order valence-corrected chi connectivity index (χ2v) is 9.28. The van der Waals surface area contributed by atoms with E-state index >= 15 is 0 Å². The van der Waals surface area contributed by atoms with Gasteiger partial charge in [0.25, 0.3) is 0 Å². The number of hydrogen-bond donors (Lipinski definition) is 0. The monoisotopic (exact) mass is 585 g/mol. The Morgan fingerprint density at radius 3 is 1.91 bits per heavy atom. The average Bonchev–Trinajstić information content (AvgIpc) is 3.84. The molecule has 0 unspecified atom stereocenters. The SMILES string of the molecule is [2H]c1c(-c2c([2H])c([2H])c([2H])c([2H])c2[2H])nc(-c2c([2H])c([2H])c([2H])c([2H])c2-n2c3cccnc3c3c([2H])c([2H])c([2H])c([2H])c32)nc1-n1c2c([2H])c([2H])c([2H])c([2H])c2c2c([2H])c([2H])c([2H])c([2H])c21. The zero-order chi connectivity index (χ0) is 48.2. The number of para-hydroxylation sites is 4. The maximum Gasteiger partial charge on any atom is 0.164 e. The first kappa shape index (κ1) is 11.2. The molecule has 0 aliphatic heterocycles. The number of rotatable bonds is 4. The predicted molar refractivity (Wildman–Crippen MR) is 179 cm³/mol. The molecule has 0 spiro atoms. The van der Waals surface area contributed by atoms with Crippen molar-refractivity contribution in [3.8, 4) is 34.2 Å². The molecule has 0 aliphatic rings. The Labute approximate surface area is 284 Å². The van der Waals surface area contributed by atoms with Crippen molar-refractivity contribution in [2.75, 3.05) is 0 Å². The molecule has 0 bridgehead atoms. The van der Waals surface area contributed by atoms with Gasteiger partial charge in [-0.3, -0.25) is 9.55 Å². The molecule has 206 valence electrons. The maximum atomic E-state index is 9.66. The Kier molecular flexibility index (Phi) is 2.48. The molecule has 0 fully saturated rings. The van der Waals surface area contributed by atoms with Gasteiger partial charge in [-0.25, -0.2) is 9.97 Å². The Hall–Kier alpha value is -6.07. The van der Waals surface area contributed by atoms with Crippen LogP contribution in [0.2, 0.25) is 0 Å². The summed E-state index contributed by atoms with van der Waals surface area (Å²) in [6.07, 6.45) is 1.33. The van der Waals surface area contributed by atoms with Crippen LogP contribution < -0.4 is 0 Å². The Morgan fingerprint density at radius 2 is 1.16 bits per heavy atom. The summed E-state index contributed by atoms with van der Waals surface area (Å²) in [5.74, 6) is -1.61. The molecule has 0 aliphatic carbocycles. The van der Waals surface area contributed by atoms with Crippen LogP contribution in [-0.4, -0.2) is 24.1 Å². The van der Waals surface area contributed by atoms with E-state index < -0.39 is 189 Å². The highest BCUT2D eigenvalue weighted by Gasteiger charge is 2.20. The van der Waals surface area contributed by atoms with E-state index in [2.05, 4.69) is 15.0 Å². The van der Waals surface area contributed by atoms with Crippen LogP contribution in [0.25, 0.3) is 77.9 Å². The number of hydrogen-bond acceptors (Lipinski definition) is 3. The number of fused-ring (bicyclic) bond motifs is 6. The zero-order valence-electron chi connectivity index (χ0n) is 44.0. The van der Waals surface area contributed by atoms with E-state index in [9.17, 15) is 4.11 Å². The van der Waals surface area contributed by atoms with Crippen molar-refractivity contribution in [1.82, 2.24) is 24.1 Å². The van der Waals surface area contributed by atoms with E-state index in [1.54, 1.807) is 0 Å². The number of aromatic nitrogens is 5. The molecule has 0 N–H and O–H groups in total. The molecule has 5 heteroatoms. The smallest absolute Gasteiger partial charge is 0.164 e. The van der Waals surface area contributed by atoms with Gasteiger partial charge in [-0.1, -0.05) is 96.7 Å². The quantitative estimate of drug-likeness (QED) is 0.207. The van der Waals surface area contributed by atoms with Crippen molar-refractivity contribution in [2.24, 2.45) is 0 Å². The van der Waals surface area contributed by atoms with Crippen LogP contribution in [0.1, 0.15) is 30.2 Å². The summed E-state index contributed by atoms with van der Waals surface area (Å²) in [6.45, 7) is 0. The lowest BCUT2D eigenvalue weighted by Crippen LogP contribution is -2.04. The maximum absolute atomic E-state index is 9.66. The molecule has 0 saturated carbocycles. The van der Waals surface area contributed by atoms with Crippen LogP contribution in [0.4, 0.5) is 0 Å². The fourth-order valence-corrected chi connectivity index (χ4v) is 5.13. The first-order valence-electron chi connectivity index (χ1n) is 23.9. The summed E-state index contributed by atoms with van der Waals surface area (Å²) in [7, 11) is 0. The van der Waals surface area contributed by atoms with Gasteiger partial charge < -0.3 is 4.57 Å². The van der Waals surface area contributed by atoms with Crippen LogP contribution in [-0.2, 0) is 0 Å². The average molecular weight is 586 g/mol. The number of nitrogens with zero attached hydrogens (tertiary/aromatic N) is 5. The minimum absolute atomic E-state index is 0.00310. The molecule has 0 radical (unpaired) electrons. The Balaban J connectivity index is 1.58. The predicted octanol–water partition coefficient (Wildman–Crippen LogP) is 9.40. The minimum Gasteiger partial charge on any atom is -0.307 e. The van der Waals surface area contributed by atoms with Crippen LogP contribution in [0.5, 0.6) is 0 Å². The third kappa shape index (κ3) is 3.69. The zero-order valence-corrected chi connectivity index (χ0v) is 22.0. The summed E-state index contributed by atoms with van der Waals surface area (Å²) in [6, 6.07) is -15.0. The standard InChI is InChI=1S/C39H25N5/c1-2-13-26(14-3-1)31-25-37(44-32-19-8-4-15-27(32)28-16-5-9-20-33(28)44)42-39(41-31)30-18-7-11-22-35(30)43-34-21-10-6-17-29(34)38-36(43)23-12-24-40-38/h1-25H/i1D,2D,3D,4D,5D,6D,7D,8D,9D,10D,11D,13D,14D,15D,16D,17D,18D,19D,20D,21D,22D,25D. The van der Waals surface area contributed by atoms with Crippen molar-refractivity contribution in [1.29, 1.82) is 0 Å². The molecule has 4 aromatic heterocycles. The molecule has 5 nitrogen and oxygen atoms in total. The van der Waals surface area contributed by atoms with Crippen molar-refractivity contribution in [3.05, 3.63) is 151 Å². The molecule has 5 aromatic carbocycles.